The number of fused-ring (bicyclic) bond motifs is 1. The topological polar surface area (TPSA) is 60.2 Å². The molecule has 2 aromatic rings. The molecule has 104 valence electrons. The number of aliphatic hydroxyl groups is 1. The summed E-state index contributed by atoms with van der Waals surface area (Å²) in [6.07, 6.45) is 7.56. The van der Waals surface area contributed by atoms with Crippen LogP contribution in [0.25, 0.3) is 11.0 Å². The molecule has 0 aromatic carbocycles. The van der Waals surface area contributed by atoms with E-state index in [1.54, 1.807) is 0 Å². The van der Waals surface area contributed by atoms with Crippen LogP contribution in [-0.2, 0) is 4.74 Å². The van der Waals surface area contributed by atoms with Crippen LogP contribution in [0, 0.1) is 24.1 Å². The number of halogens is 2. The van der Waals surface area contributed by atoms with E-state index < -0.39 is 12.0 Å². The van der Waals surface area contributed by atoms with E-state index >= 15 is 0 Å². The van der Waals surface area contributed by atoms with Crippen molar-refractivity contribution in [3.05, 3.63) is 23.5 Å². The Morgan fingerprint density at radius 1 is 1.60 bits per heavy atom. The first kappa shape index (κ1) is 13.3. The fourth-order valence-corrected chi connectivity index (χ4v) is 2.69. The lowest BCUT2D eigenvalue weighted by Gasteiger charge is -2.17. The van der Waals surface area contributed by atoms with Crippen LogP contribution >= 0.6 is 11.6 Å². The maximum atomic E-state index is 14.0. The fraction of sp³-hybridized carbons (Fsp3) is 0.385. The predicted octanol–water partition coefficient (Wildman–Crippen LogP) is 1.75. The van der Waals surface area contributed by atoms with Gasteiger partial charge < -0.3 is 14.4 Å². The number of aromatic nitrogens is 3. The minimum absolute atomic E-state index is 0.0419. The highest BCUT2D eigenvalue weighted by Gasteiger charge is 2.36. The average molecular weight is 296 g/mol. The highest BCUT2D eigenvalue weighted by atomic mass is 35.5. The fourth-order valence-electron chi connectivity index (χ4n) is 2.47. The number of aliphatic hydroxyl groups excluding tert-OH is 1. The highest BCUT2D eigenvalue weighted by Crippen LogP contribution is 2.37. The predicted molar refractivity (Wildman–Crippen MR) is 70.4 cm³/mol. The molecule has 0 amide bonds. The van der Waals surface area contributed by atoms with Gasteiger partial charge in [0.2, 0.25) is 0 Å². The van der Waals surface area contributed by atoms with Crippen LogP contribution in [0.2, 0.25) is 5.15 Å². The Morgan fingerprint density at radius 2 is 2.40 bits per heavy atom. The largest absolute Gasteiger partial charge is 0.394 e. The van der Waals surface area contributed by atoms with E-state index in [9.17, 15) is 9.50 Å². The zero-order valence-corrected chi connectivity index (χ0v) is 11.1. The Hall–Kier alpha value is -1.68. The van der Waals surface area contributed by atoms with E-state index in [0.29, 0.717) is 12.1 Å². The van der Waals surface area contributed by atoms with Crippen molar-refractivity contribution in [1.82, 2.24) is 14.5 Å². The Kier molecular flexibility index (Phi) is 3.34. The van der Waals surface area contributed by atoms with Crippen molar-refractivity contribution < 1.29 is 14.2 Å². The molecular weight excluding hydrogens is 285 g/mol. The molecule has 1 fully saturated rings. The Morgan fingerprint density at radius 3 is 3.10 bits per heavy atom. The maximum Gasteiger partial charge on any atom is 0.153 e. The van der Waals surface area contributed by atoms with Gasteiger partial charge in [-0.1, -0.05) is 17.5 Å². The molecule has 0 bridgehead atoms. The average Bonchev–Trinajstić information content (AvgIpc) is 3.00. The molecule has 0 aliphatic carbocycles. The van der Waals surface area contributed by atoms with Crippen LogP contribution in [0.1, 0.15) is 12.6 Å². The summed E-state index contributed by atoms with van der Waals surface area (Å²) in [5.41, 5.74) is 0.325. The molecule has 1 saturated heterocycles. The van der Waals surface area contributed by atoms with Gasteiger partial charge in [0.1, 0.15) is 23.4 Å². The number of nitrogens with zero attached hydrogens (tertiary/aromatic N) is 3. The molecule has 0 saturated carbocycles. The second kappa shape index (κ2) is 5.02. The van der Waals surface area contributed by atoms with Crippen LogP contribution in [0.4, 0.5) is 4.39 Å². The molecule has 3 rings (SSSR count). The number of hydrogen-bond acceptors (Lipinski definition) is 4. The molecule has 3 heterocycles. The Bertz CT molecular complexity index is 697. The number of ether oxygens (including phenoxy) is 1. The zero-order valence-electron chi connectivity index (χ0n) is 10.3. The third-order valence-electron chi connectivity index (χ3n) is 3.40. The summed E-state index contributed by atoms with van der Waals surface area (Å²) in [4.78, 5) is 7.80. The maximum absolute atomic E-state index is 14.0. The lowest BCUT2D eigenvalue weighted by atomic mass is 10.0. The van der Waals surface area contributed by atoms with Gasteiger partial charge in [0.25, 0.3) is 0 Å². The smallest absolute Gasteiger partial charge is 0.153 e. The van der Waals surface area contributed by atoms with E-state index in [2.05, 4.69) is 15.9 Å². The molecule has 5 nitrogen and oxygen atoms in total. The third-order valence-corrected chi connectivity index (χ3v) is 3.69. The molecule has 7 heteroatoms. The molecule has 1 aliphatic heterocycles. The van der Waals surface area contributed by atoms with Crippen LogP contribution in [0.5, 0.6) is 0 Å². The SMILES string of the molecule is C#C[C@H]1C[C@@H](CO)OC1n1cc(F)c2c(Cl)ncnc21. The van der Waals surface area contributed by atoms with Gasteiger partial charge in [0, 0.05) is 6.20 Å². The molecular formula is C13H11ClFN3O2. The second-order valence-electron chi connectivity index (χ2n) is 4.59. The Balaban J connectivity index is 2.11. The van der Waals surface area contributed by atoms with Gasteiger partial charge in [-0.15, -0.1) is 6.42 Å². The first-order valence-electron chi connectivity index (χ1n) is 6.04. The van der Waals surface area contributed by atoms with E-state index in [1.165, 1.54) is 17.1 Å². The molecule has 2 aromatic heterocycles. The van der Waals surface area contributed by atoms with Crippen molar-refractivity contribution in [1.29, 1.82) is 0 Å². The minimum atomic E-state index is -0.574. The molecule has 3 atom stereocenters. The van der Waals surface area contributed by atoms with Crippen molar-refractivity contribution in [3.63, 3.8) is 0 Å². The summed E-state index contributed by atoms with van der Waals surface area (Å²) >= 11 is 5.88. The first-order chi connectivity index (χ1) is 9.65. The summed E-state index contributed by atoms with van der Waals surface area (Å²) in [6, 6.07) is 0. The third kappa shape index (κ3) is 1.95. The molecule has 1 unspecified atom stereocenters. The van der Waals surface area contributed by atoms with Crippen LogP contribution in [0.3, 0.4) is 0 Å². The molecule has 0 spiro atoms. The van der Waals surface area contributed by atoms with Gasteiger partial charge in [-0.05, 0) is 6.42 Å². The zero-order chi connectivity index (χ0) is 14.3. The summed E-state index contributed by atoms with van der Waals surface area (Å²) < 4.78 is 21.2. The van der Waals surface area contributed by atoms with Crippen molar-refractivity contribution in [2.45, 2.75) is 18.8 Å². The Labute approximate surface area is 119 Å². The van der Waals surface area contributed by atoms with Crippen LogP contribution < -0.4 is 0 Å². The lowest BCUT2D eigenvalue weighted by molar-refractivity contribution is -0.0262. The number of rotatable bonds is 2. The van der Waals surface area contributed by atoms with Gasteiger partial charge in [0.05, 0.1) is 24.0 Å². The second-order valence-corrected chi connectivity index (χ2v) is 4.95. The quantitative estimate of drug-likeness (QED) is 0.677. The number of hydrogen-bond donors (Lipinski definition) is 1. The molecule has 1 aliphatic rings. The van der Waals surface area contributed by atoms with E-state index in [1.807, 2.05) is 0 Å². The van der Waals surface area contributed by atoms with Gasteiger partial charge >= 0.3 is 0 Å². The molecule has 1 N–H and O–H groups in total. The summed E-state index contributed by atoms with van der Waals surface area (Å²) in [5.74, 6) is 1.81. The summed E-state index contributed by atoms with van der Waals surface area (Å²) in [6.45, 7) is -0.133. The number of terminal acetylenes is 1. The van der Waals surface area contributed by atoms with Gasteiger partial charge in [-0.3, -0.25) is 0 Å². The van der Waals surface area contributed by atoms with Crippen molar-refractivity contribution >= 4 is 22.6 Å². The standard InChI is InChI=1S/C13H11ClFN3O2/c1-2-7-3-8(5-19)20-13(7)18-4-9(15)10-11(14)16-6-17-12(10)18/h1,4,6-8,13,19H,3,5H2/t7-,8-,13?/m0/s1. The van der Waals surface area contributed by atoms with E-state index in [-0.39, 0.29) is 29.2 Å². The van der Waals surface area contributed by atoms with Crippen molar-refractivity contribution in [2.24, 2.45) is 5.92 Å². The molecule has 0 radical (unpaired) electrons. The highest BCUT2D eigenvalue weighted by molar-refractivity contribution is 6.33. The monoisotopic (exact) mass is 295 g/mol. The lowest BCUT2D eigenvalue weighted by Crippen LogP contribution is -2.15. The van der Waals surface area contributed by atoms with E-state index in [0.717, 1.165) is 0 Å². The minimum Gasteiger partial charge on any atom is -0.394 e. The van der Waals surface area contributed by atoms with Crippen LogP contribution in [-0.4, -0.2) is 32.4 Å². The van der Waals surface area contributed by atoms with Crippen LogP contribution in [0.15, 0.2) is 12.5 Å². The summed E-state index contributed by atoms with van der Waals surface area (Å²) in [5, 5.41) is 9.36. The molecule has 20 heavy (non-hydrogen) atoms. The van der Waals surface area contributed by atoms with Gasteiger partial charge in [0.15, 0.2) is 5.82 Å². The van der Waals surface area contributed by atoms with E-state index in [4.69, 9.17) is 22.8 Å². The summed E-state index contributed by atoms with van der Waals surface area (Å²) in [7, 11) is 0. The van der Waals surface area contributed by atoms with Crippen molar-refractivity contribution in [3.8, 4) is 12.3 Å². The normalized spacial score (nSPS) is 26.0. The van der Waals surface area contributed by atoms with Gasteiger partial charge in [-0.2, -0.15) is 0 Å². The first-order valence-corrected chi connectivity index (χ1v) is 6.42. The van der Waals surface area contributed by atoms with Crippen molar-refractivity contribution in [2.75, 3.05) is 6.61 Å². The van der Waals surface area contributed by atoms with Gasteiger partial charge in [-0.25, -0.2) is 14.4 Å².